The van der Waals surface area contributed by atoms with Gasteiger partial charge in [-0.15, -0.1) is 11.3 Å². The van der Waals surface area contributed by atoms with Crippen molar-refractivity contribution in [2.24, 2.45) is 17.0 Å². The van der Waals surface area contributed by atoms with Crippen molar-refractivity contribution in [3.63, 3.8) is 0 Å². The largest absolute Gasteiger partial charge is 0.350 e. The number of aromatic nitrogens is 5. The highest BCUT2D eigenvalue weighted by molar-refractivity contribution is 7.19. The first-order chi connectivity index (χ1) is 13.1. The van der Waals surface area contributed by atoms with Gasteiger partial charge in [-0.2, -0.15) is 0 Å². The Balaban J connectivity index is 1.96. The van der Waals surface area contributed by atoms with Gasteiger partial charge in [0.1, 0.15) is 22.2 Å². The number of pyridine rings is 1. The highest BCUT2D eigenvalue weighted by Gasteiger charge is 2.19. The molecule has 0 unspecified atom stereocenters. The van der Waals surface area contributed by atoms with Crippen LogP contribution in [0.3, 0.4) is 0 Å². The summed E-state index contributed by atoms with van der Waals surface area (Å²) in [7, 11) is 3.63. The third kappa shape index (κ3) is 3.02. The molecule has 0 bridgehead atoms. The summed E-state index contributed by atoms with van der Waals surface area (Å²) >= 11 is 7.93. The smallest absolute Gasteiger partial charge is 0.172 e. The van der Waals surface area contributed by atoms with Crippen LogP contribution in [0.15, 0.2) is 47.0 Å². The highest BCUT2D eigenvalue weighted by Crippen LogP contribution is 2.40. The summed E-state index contributed by atoms with van der Waals surface area (Å²) in [5.41, 5.74) is 3.16. The molecule has 27 heavy (non-hydrogen) atoms. The second kappa shape index (κ2) is 6.98. The molecule has 0 N–H and O–H groups in total. The minimum absolute atomic E-state index is 0.384. The molecule has 0 spiro atoms. The van der Waals surface area contributed by atoms with Crippen LogP contribution in [0.1, 0.15) is 5.69 Å². The number of fused-ring (bicyclic) bond motifs is 1. The predicted octanol–water partition coefficient (Wildman–Crippen LogP) is 3.88. The van der Waals surface area contributed by atoms with E-state index in [0.29, 0.717) is 16.7 Å². The Morgan fingerprint density at radius 1 is 1.26 bits per heavy atom. The Morgan fingerprint density at radius 2 is 2.04 bits per heavy atom. The monoisotopic (exact) mass is 395 g/mol. The van der Waals surface area contributed by atoms with Gasteiger partial charge >= 0.3 is 0 Å². The van der Waals surface area contributed by atoms with E-state index in [1.54, 1.807) is 19.4 Å². The van der Waals surface area contributed by atoms with Crippen LogP contribution < -0.4 is 0 Å². The minimum Gasteiger partial charge on any atom is -0.350 e. The molecule has 0 aliphatic heterocycles. The van der Waals surface area contributed by atoms with Crippen LogP contribution in [0, 0.1) is 0 Å². The van der Waals surface area contributed by atoms with Crippen molar-refractivity contribution in [2.75, 3.05) is 7.05 Å². The minimum atomic E-state index is 0.384. The SMILES string of the molecule is C=NC(=NC)c1cc2c(ccn2C)c(-c2sc(-c3cncnc3)nc2Cl)n1. The first kappa shape index (κ1) is 17.4. The summed E-state index contributed by atoms with van der Waals surface area (Å²) in [6, 6.07) is 3.95. The molecule has 7 nitrogen and oxygen atoms in total. The van der Waals surface area contributed by atoms with Crippen LogP contribution >= 0.6 is 22.9 Å². The van der Waals surface area contributed by atoms with Crippen LogP contribution in [0.25, 0.3) is 32.0 Å². The summed E-state index contributed by atoms with van der Waals surface area (Å²) in [4.78, 5) is 26.2. The number of halogens is 1. The number of aliphatic imine (C=N–C) groups is 2. The van der Waals surface area contributed by atoms with Gasteiger partial charge in [-0.25, -0.2) is 24.9 Å². The predicted molar refractivity (Wildman–Crippen MR) is 110 cm³/mol. The molecule has 0 aliphatic rings. The molecule has 0 aliphatic carbocycles. The molecule has 4 heterocycles. The van der Waals surface area contributed by atoms with Crippen LogP contribution in [-0.2, 0) is 7.05 Å². The summed E-state index contributed by atoms with van der Waals surface area (Å²) in [6.07, 6.45) is 6.87. The van der Waals surface area contributed by atoms with Crippen molar-refractivity contribution in [3.8, 4) is 21.1 Å². The molecule has 0 atom stereocenters. The number of amidine groups is 1. The van der Waals surface area contributed by atoms with Crippen molar-refractivity contribution in [3.05, 3.63) is 47.9 Å². The zero-order valence-corrected chi connectivity index (χ0v) is 16.2. The van der Waals surface area contributed by atoms with Crippen molar-refractivity contribution >= 4 is 46.4 Å². The Kier molecular flexibility index (Phi) is 4.51. The fourth-order valence-corrected chi connectivity index (χ4v) is 4.07. The topological polar surface area (TPSA) is 81.2 Å². The Labute approximate surface area is 164 Å². The van der Waals surface area contributed by atoms with E-state index in [2.05, 4.69) is 31.7 Å². The molecule has 4 rings (SSSR count). The van der Waals surface area contributed by atoms with Gasteiger partial charge < -0.3 is 4.57 Å². The van der Waals surface area contributed by atoms with E-state index < -0.39 is 0 Å². The number of thiazole rings is 1. The Morgan fingerprint density at radius 3 is 2.74 bits per heavy atom. The number of rotatable bonds is 3. The lowest BCUT2D eigenvalue weighted by Crippen LogP contribution is -2.02. The van der Waals surface area contributed by atoms with Gasteiger partial charge in [0.05, 0.1) is 16.1 Å². The van der Waals surface area contributed by atoms with Crippen molar-refractivity contribution < 1.29 is 0 Å². The highest BCUT2D eigenvalue weighted by atomic mass is 35.5. The van der Waals surface area contributed by atoms with Gasteiger partial charge in [0.15, 0.2) is 5.84 Å². The van der Waals surface area contributed by atoms with E-state index in [0.717, 1.165) is 32.0 Å². The second-order valence-electron chi connectivity index (χ2n) is 5.69. The molecule has 0 saturated carbocycles. The number of hydrogen-bond acceptors (Lipinski definition) is 6. The summed E-state index contributed by atoms with van der Waals surface area (Å²) < 4.78 is 2.02. The van der Waals surface area contributed by atoms with Crippen molar-refractivity contribution in [2.45, 2.75) is 0 Å². The maximum atomic E-state index is 6.48. The summed E-state index contributed by atoms with van der Waals surface area (Å²) in [6.45, 7) is 3.58. The first-order valence-electron chi connectivity index (χ1n) is 7.94. The average Bonchev–Trinajstić information content (AvgIpc) is 3.26. The average molecular weight is 396 g/mol. The Bertz CT molecular complexity index is 1180. The number of hydrogen-bond donors (Lipinski definition) is 0. The molecule has 0 radical (unpaired) electrons. The first-order valence-corrected chi connectivity index (χ1v) is 9.14. The lowest BCUT2D eigenvalue weighted by Gasteiger charge is -2.06. The molecule has 4 aromatic rings. The van der Waals surface area contributed by atoms with E-state index in [-0.39, 0.29) is 0 Å². The molecule has 0 amide bonds. The Hall–Kier alpha value is -2.97. The third-order valence-electron chi connectivity index (χ3n) is 4.08. The van der Waals surface area contributed by atoms with Crippen LogP contribution in [0.4, 0.5) is 0 Å². The maximum absolute atomic E-state index is 6.48. The fraction of sp³-hybridized carbons (Fsp3) is 0.111. The van der Waals surface area contributed by atoms with E-state index >= 15 is 0 Å². The van der Waals surface area contributed by atoms with Crippen LogP contribution in [-0.4, -0.2) is 44.1 Å². The quantitative estimate of drug-likeness (QED) is 0.389. The summed E-state index contributed by atoms with van der Waals surface area (Å²) in [5, 5.41) is 2.09. The van der Waals surface area contributed by atoms with E-state index in [9.17, 15) is 0 Å². The molecular weight excluding hydrogens is 382 g/mol. The van der Waals surface area contributed by atoms with Crippen molar-refractivity contribution in [1.82, 2.24) is 24.5 Å². The lowest BCUT2D eigenvalue weighted by atomic mass is 10.2. The summed E-state index contributed by atoms with van der Waals surface area (Å²) in [5.74, 6) is 0.469. The number of aryl methyl sites for hydroxylation is 1. The van der Waals surface area contributed by atoms with Gasteiger partial charge in [0, 0.05) is 43.6 Å². The maximum Gasteiger partial charge on any atom is 0.172 e. The van der Waals surface area contributed by atoms with Gasteiger partial charge in [-0.1, -0.05) is 11.6 Å². The fourth-order valence-electron chi connectivity index (χ4n) is 2.80. The van der Waals surface area contributed by atoms with E-state index in [4.69, 9.17) is 16.6 Å². The van der Waals surface area contributed by atoms with Gasteiger partial charge in [-0.05, 0) is 18.9 Å². The zero-order valence-electron chi connectivity index (χ0n) is 14.6. The van der Waals surface area contributed by atoms with Crippen molar-refractivity contribution in [1.29, 1.82) is 0 Å². The van der Waals surface area contributed by atoms with Gasteiger partial charge in [-0.3, -0.25) is 4.99 Å². The normalized spacial score (nSPS) is 11.9. The second-order valence-corrected chi connectivity index (χ2v) is 7.04. The molecule has 0 saturated heterocycles. The van der Waals surface area contributed by atoms with Gasteiger partial charge in [0.2, 0.25) is 0 Å². The molecular formula is C18H14ClN7S. The molecule has 0 aromatic carbocycles. The molecule has 134 valence electrons. The van der Waals surface area contributed by atoms with Crippen LogP contribution in [0.2, 0.25) is 5.15 Å². The third-order valence-corrected chi connectivity index (χ3v) is 5.58. The molecule has 9 heteroatoms. The zero-order chi connectivity index (χ0) is 19.0. The number of nitrogens with zero attached hydrogens (tertiary/aromatic N) is 7. The van der Waals surface area contributed by atoms with E-state index in [1.807, 2.05) is 29.9 Å². The van der Waals surface area contributed by atoms with E-state index in [1.165, 1.54) is 17.7 Å². The lowest BCUT2D eigenvalue weighted by molar-refractivity contribution is 0.968. The van der Waals surface area contributed by atoms with Crippen LogP contribution in [0.5, 0.6) is 0 Å². The van der Waals surface area contributed by atoms with Gasteiger partial charge in [0.25, 0.3) is 0 Å². The molecule has 4 aromatic heterocycles. The standard InChI is InChI=1S/C18H14ClN7S/c1-20-17(21-2)12-6-13-11(4-5-26(13)3)14(24-12)15-16(19)25-18(27-15)10-7-22-9-23-8-10/h4-9H,1H2,2-3H3. The molecule has 0 fully saturated rings.